The van der Waals surface area contributed by atoms with Gasteiger partial charge in [-0.25, -0.2) is 14.4 Å². The average Bonchev–Trinajstić information content (AvgIpc) is 3.08. The molecule has 0 amide bonds. The Hall–Kier alpha value is -2.37. The molecule has 1 aromatic heterocycles. The summed E-state index contributed by atoms with van der Waals surface area (Å²) in [5.74, 6) is 2.15. The number of aromatic nitrogens is 2. The second-order valence-electron chi connectivity index (χ2n) is 5.18. The molecule has 22 heavy (non-hydrogen) atoms. The number of nitrogens with zero attached hydrogens (tertiary/aromatic N) is 3. The van der Waals surface area contributed by atoms with Crippen molar-refractivity contribution in [2.24, 2.45) is 0 Å². The van der Waals surface area contributed by atoms with Crippen molar-refractivity contribution in [3.05, 3.63) is 42.5 Å². The molecule has 1 fully saturated rings. The number of anilines is 2. The summed E-state index contributed by atoms with van der Waals surface area (Å²) in [4.78, 5) is 10.8. The van der Waals surface area contributed by atoms with E-state index in [1.165, 1.54) is 25.0 Å². The quantitative estimate of drug-likeness (QED) is 0.832. The van der Waals surface area contributed by atoms with Crippen LogP contribution in [0.1, 0.15) is 12.8 Å². The third-order valence-electron chi connectivity index (χ3n) is 3.57. The highest BCUT2D eigenvalue weighted by molar-refractivity contribution is 5.48. The van der Waals surface area contributed by atoms with E-state index in [4.69, 9.17) is 4.74 Å². The third kappa shape index (κ3) is 3.84. The largest absolute Gasteiger partial charge is 0.492 e. The summed E-state index contributed by atoms with van der Waals surface area (Å²) in [6.45, 7) is 3.22. The Morgan fingerprint density at radius 2 is 1.91 bits per heavy atom. The molecule has 3 rings (SSSR count). The van der Waals surface area contributed by atoms with Gasteiger partial charge in [0.15, 0.2) is 0 Å². The van der Waals surface area contributed by atoms with Crippen LogP contribution in [-0.4, -0.2) is 36.2 Å². The summed E-state index contributed by atoms with van der Waals surface area (Å²) >= 11 is 0. The summed E-state index contributed by atoms with van der Waals surface area (Å²) in [5, 5.41) is 3.21. The highest BCUT2D eigenvalue weighted by Gasteiger charge is 2.13. The first-order valence-electron chi connectivity index (χ1n) is 7.50. The number of benzene rings is 1. The maximum absolute atomic E-state index is 12.8. The van der Waals surface area contributed by atoms with Crippen molar-refractivity contribution < 1.29 is 9.13 Å². The lowest BCUT2D eigenvalue weighted by molar-refractivity contribution is 0.332. The minimum atomic E-state index is -0.263. The second kappa shape index (κ2) is 7.06. The van der Waals surface area contributed by atoms with Gasteiger partial charge in [0.05, 0.1) is 6.54 Å². The summed E-state index contributed by atoms with van der Waals surface area (Å²) in [5.41, 5.74) is 0. The van der Waals surface area contributed by atoms with E-state index in [0.29, 0.717) is 18.9 Å². The molecule has 1 N–H and O–H groups in total. The van der Waals surface area contributed by atoms with Crippen molar-refractivity contribution in [1.29, 1.82) is 0 Å². The molecule has 116 valence electrons. The van der Waals surface area contributed by atoms with Crippen molar-refractivity contribution in [2.75, 3.05) is 36.5 Å². The topological polar surface area (TPSA) is 50.3 Å². The van der Waals surface area contributed by atoms with Gasteiger partial charge < -0.3 is 15.0 Å². The summed E-state index contributed by atoms with van der Waals surface area (Å²) in [7, 11) is 0. The van der Waals surface area contributed by atoms with E-state index in [1.807, 2.05) is 6.07 Å². The third-order valence-corrected chi connectivity index (χ3v) is 3.57. The van der Waals surface area contributed by atoms with Crippen LogP contribution in [0.5, 0.6) is 5.75 Å². The number of hydrogen-bond acceptors (Lipinski definition) is 5. The Kier molecular flexibility index (Phi) is 4.68. The Morgan fingerprint density at radius 1 is 1.14 bits per heavy atom. The monoisotopic (exact) mass is 302 g/mol. The van der Waals surface area contributed by atoms with Crippen LogP contribution in [0.4, 0.5) is 16.0 Å². The van der Waals surface area contributed by atoms with Gasteiger partial charge in [-0.3, -0.25) is 0 Å². The first-order valence-corrected chi connectivity index (χ1v) is 7.50. The summed E-state index contributed by atoms with van der Waals surface area (Å²) < 4.78 is 18.3. The fourth-order valence-corrected chi connectivity index (χ4v) is 2.44. The fraction of sp³-hybridized carbons (Fsp3) is 0.375. The van der Waals surface area contributed by atoms with Crippen LogP contribution in [0.3, 0.4) is 0 Å². The molecule has 0 bridgehead atoms. The molecule has 0 aliphatic carbocycles. The maximum Gasteiger partial charge on any atom is 0.134 e. The van der Waals surface area contributed by atoms with E-state index in [1.54, 1.807) is 18.5 Å². The van der Waals surface area contributed by atoms with Crippen LogP contribution in [0.15, 0.2) is 36.7 Å². The van der Waals surface area contributed by atoms with Crippen molar-refractivity contribution in [1.82, 2.24) is 9.97 Å². The Morgan fingerprint density at radius 3 is 2.68 bits per heavy atom. The SMILES string of the molecule is Fc1ccc(OCCNc2cc(N3CCCC3)ncn2)cc1. The molecule has 2 aromatic rings. The molecule has 1 aromatic carbocycles. The molecule has 1 aliphatic rings. The van der Waals surface area contributed by atoms with Crippen LogP contribution in [0.2, 0.25) is 0 Å². The van der Waals surface area contributed by atoms with Crippen LogP contribution in [0, 0.1) is 5.82 Å². The fourth-order valence-electron chi connectivity index (χ4n) is 2.44. The van der Waals surface area contributed by atoms with Gasteiger partial charge in [0.25, 0.3) is 0 Å². The van der Waals surface area contributed by atoms with Crippen molar-refractivity contribution in [3.63, 3.8) is 0 Å². The second-order valence-corrected chi connectivity index (χ2v) is 5.18. The van der Waals surface area contributed by atoms with E-state index >= 15 is 0 Å². The molecule has 1 aliphatic heterocycles. The van der Waals surface area contributed by atoms with Crippen molar-refractivity contribution in [2.45, 2.75) is 12.8 Å². The minimum absolute atomic E-state index is 0.263. The summed E-state index contributed by atoms with van der Waals surface area (Å²) in [6, 6.07) is 7.96. The van der Waals surface area contributed by atoms with E-state index in [-0.39, 0.29) is 5.82 Å². The number of hydrogen-bond donors (Lipinski definition) is 1. The highest BCUT2D eigenvalue weighted by atomic mass is 19.1. The predicted molar refractivity (Wildman–Crippen MR) is 83.9 cm³/mol. The number of rotatable bonds is 6. The van der Waals surface area contributed by atoms with Gasteiger partial charge in [0, 0.05) is 19.2 Å². The lowest BCUT2D eigenvalue weighted by Gasteiger charge is -2.16. The number of nitrogens with one attached hydrogen (secondary N) is 1. The van der Waals surface area contributed by atoms with E-state index in [2.05, 4.69) is 20.2 Å². The molecule has 0 radical (unpaired) electrons. The molecule has 0 atom stereocenters. The first-order chi connectivity index (χ1) is 10.8. The molecule has 0 unspecified atom stereocenters. The average molecular weight is 302 g/mol. The van der Waals surface area contributed by atoms with Gasteiger partial charge in [0.1, 0.15) is 36.1 Å². The molecular weight excluding hydrogens is 283 g/mol. The lowest BCUT2D eigenvalue weighted by atomic mass is 10.3. The van der Waals surface area contributed by atoms with Gasteiger partial charge in [-0.15, -0.1) is 0 Å². The van der Waals surface area contributed by atoms with Gasteiger partial charge in [-0.1, -0.05) is 0 Å². The Labute approximate surface area is 129 Å². The van der Waals surface area contributed by atoms with E-state index in [9.17, 15) is 4.39 Å². The zero-order chi connectivity index (χ0) is 15.2. The summed E-state index contributed by atoms with van der Waals surface area (Å²) in [6.07, 6.45) is 4.02. The van der Waals surface area contributed by atoms with Crippen molar-refractivity contribution >= 4 is 11.6 Å². The Balaban J connectivity index is 1.47. The Bertz CT molecular complexity index is 599. The minimum Gasteiger partial charge on any atom is -0.492 e. The normalized spacial score (nSPS) is 14.1. The zero-order valence-corrected chi connectivity index (χ0v) is 12.3. The van der Waals surface area contributed by atoms with Gasteiger partial charge >= 0.3 is 0 Å². The maximum atomic E-state index is 12.8. The standard InChI is InChI=1S/C16H19FN4O/c17-13-3-5-14(6-4-13)22-10-7-18-15-11-16(20-12-19-15)21-8-1-2-9-21/h3-6,11-12H,1-2,7-10H2,(H,18,19,20). The zero-order valence-electron chi connectivity index (χ0n) is 12.3. The predicted octanol–water partition coefficient (Wildman–Crippen LogP) is 2.71. The van der Waals surface area contributed by atoms with E-state index in [0.717, 1.165) is 24.7 Å². The van der Waals surface area contributed by atoms with Gasteiger partial charge in [-0.05, 0) is 37.1 Å². The smallest absolute Gasteiger partial charge is 0.134 e. The molecule has 2 heterocycles. The van der Waals surface area contributed by atoms with Crippen LogP contribution in [0.25, 0.3) is 0 Å². The van der Waals surface area contributed by atoms with Gasteiger partial charge in [-0.2, -0.15) is 0 Å². The van der Waals surface area contributed by atoms with Crippen LogP contribution < -0.4 is 15.0 Å². The molecule has 1 saturated heterocycles. The molecule has 5 nitrogen and oxygen atoms in total. The number of ether oxygens (including phenoxy) is 1. The molecular formula is C16H19FN4O. The van der Waals surface area contributed by atoms with Crippen LogP contribution >= 0.6 is 0 Å². The highest BCUT2D eigenvalue weighted by Crippen LogP contribution is 2.19. The number of halogens is 1. The van der Waals surface area contributed by atoms with Gasteiger partial charge in [0.2, 0.25) is 0 Å². The van der Waals surface area contributed by atoms with Crippen molar-refractivity contribution in [3.8, 4) is 5.75 Å². The molecule has 0 saturated carbocycles. The lowest BCUT2D eigenvalue weighted by Crippen LogP contribution is -2.19. The first kappa shape index (κ1) is 14.6. The molecule has 6 heteroatoms. The molecule has 0 spiro atoms. The van der Waals surface area contributed by atoms with Crippen LogP contribution in [-0.2, 0) is 0 Å². The van der Waals surface area contributed by atoms with E-state index < -0.39 is 0 Å².